The minimum absolute atomic E-state index is 0.218. The van der Waals surface area contributed by atoms with Gasteiger partial charge in [-0.3, -0.25) is 4.79 Å². The first-order chi connectivity index (χ1) is 18.2. The van der Waals surface area contributed by atoms with Gasteiger partial charge in [0.15, 0.2) is 0 Å². The molecule has 1 heterocycles. The normalized spacial score (nSPS) is 11.0. The lowest BCUT2D eigenvalue weighted by Crippen LogP contribution is -2.12. The number of allylic oxidation sites excluding steroid dienone is 1. The average Bonchev–Trinajstić information content (AvgIpc) is 3.47. The van der Waals surface area contributed by atoms with E-state index in [2.05, 4.69) is 38.9 Å². The Morgan fingerprint density at radius 2 is 1.84 bits per heavy atom. The van der Waals surface area contributed by atoms with Gasteiger partial charge in [-0.25, -0.2) is 0 Å². The van der Waals surface area contributed by atoms with Gasteiger partial charge in [-0.05, 0) is 66.2 Å². The Morgan fingerprint density at radius 1 is 1.03 bits per heavy atom. The number of amides is 1. The third kappa shape index (κ3) is 7.20. The molecule has 8 nitrogen and oxygen atoms in total. The summed E-state index contributed by atoms with van der Waals surface area (Å²) in [5.41, 5.74) is 2.03. The van der Waals surface area contributed by atoms with Gasteiger partial charge in [-0.15, -0.1) is 10.2 Å². The number of unbranched alkanes of at least 4 members (excludes halogenated alkanes) is 2. The molecule has 1 amide bonds. The van der Waals surface area contributed by atoms with Gasteiger partial charge in [0.2, 0.25) is 5.82 Å². The number of tetrazole rings is 1. The number of rotatable bonds is 12. The Kier molecular flexibility index (Phi) is 9.31. The number of anilines is 1. The minimum atomic E-state index is -0.218. The molecule has 4 rings (SSSR count). The molecule has 0 bridgehead atoms. The van der Waals surface area contributed by atoms with Crippen LogP contribution in [0.5, 0.6) is 11.5 Å². The molecule has 4 aromatic rings. The van der Waals surface area contributed by atoms with Gasteiger partial charge in [0.25, 0.3) is 5.91 Å². The first-order valence-corrected chi connectivity index (χ1v) is 12.9. The highest BCUT2D eigenvalue weighted by atomic mass is 32.2. The van der Waals surface area contributed by atoms with Crippen LogP contribution in [0.3, 0.4) is 0 Å². The van der Waals surface area contributed by atoms with Crippen molar-refractivity contribution < 1.29 is 14.3 Å². The van der Waals surface area contributed by atoms with Crippen molar-refractivity contribution in [2.75, 3.05) is 19.0 Å². The summed E-state index contributed by atoms with van der Waals surface area (Å²) in [6.45, 7) is 2.68. The number of methoxy groups -OCH3 is 1. The van der Waals surface area contributed by atoms with Gasteiger partial charge in [0, 0.05) is 20.9 Å². The van der Waals surface area contributed by atoms with E-state index in [-0.39, 0.29) is 5.91 Å². The fraction of sp³-hybridized carbons (Fsp3) is 0.214. The maximum atomic E-state index is 13.1. The second-order valence-electron chi connectivity index (χ2n) is 8.10. The number of hydrogen-bond acceptors (Lipinski definition) is 7. The van der Waals surface area contributed by atoms with Crippen LogP contribution in [-0.2, 0) is 0 Å². The van der Waals surface area contributed by atoms with E-state index in [1.807, 2.05) is 48.5 Å². The summed E-state index contributed by atoms with van der Waals surface area (Å²) in [5.74, 6) is 1.68. The van der Waals surface area contributed by atoms with E-state index in [4.69, 9.17) is 9.47 Å². The van der Waals surface area contributed by atoms with Crippen molar-refractivity contribution in [1.82, 2.24) is 20.6 Å². The van der Waals surface area contributed by atoms with Crippen LogP contribution in [0, 0.1) is 0 Å². The SMILES string of the molecule is CCCCC=CCOc1ccc(C(=O)Nc2ccc(OC)cc2Sc2ccccc2-c2nn[nH]n2)cc1. The Morgan fingerprint density at radius 3 is 2.59 bits per heavy atom. The number of carbonyl (C=O) groups is 1. The van der Waals surface area contributed by atoms with E-state index in [1.54, 1.807) is 31.4 Å². The molecule has 3 aromatic carbocycles. The largest absolute Gasteiger partial charge is 0.497 e. The molecule has 0 saturated carbocycles. The van der Waals surface area contributed by atoms with Crippen molar-refractivity contribution in [1.29, 1.82) is 0 Å². The Labute approximate surface area is 220 Å². The van der Waals surface area contributed by atoms with Crippen LogP contribution in [0.15, 0.2) is 88.7 Å². The molecule has 190 valence electrons. The minimum Gasteiger partial charge on any atom is -0.497 e. The predicted molar refractivity (Wildman–Crippen MR) is 145 cm³/mol. The second-order valence-corrected chi connectivity index (χ2v) is 9.18. The lowest BCUT2D eigenvalue weighted by atomic mass is 10.2. The van der Waals surface area contributed by atoms with Gasteiger partial charge in [-0.2, -0.15) is 5.21 Å². The van der Waals surface area contributed by atoms with Crippen molar-refractivity contribution in [3.05, 3.63) is 84.4 Å². The summed E-state index contributed by atoms with van der Waals surface area (Å²) in [5, 5.41) is 17.4. The zero-order chi connectivity index (χ0) is 25.9. The fourth-order valence-corrected chi connectivity index (χ4v) is 4.56. The summed E-state index contributed by atoms with van der Waals surface area (Å²) in [6, 6.07) is 20.4. The van der Waals surface area contributed by atoms with Gasteiger partial charge >= 0.3 is 0 Å². The Bertz CT molecular complexity index is 1320. The third-order valence-electron chi connectivity index (χ3n) is 5.48. The van der Waals surface area contributed by atoms with Crippen LogP contribution < -0.4 is 14.8 Å². The lowest BCUT2D eigenvalue weighted by Gasteiger charge is -2.14. The highest BCUT2D eigenvalue weighted by molar-refractivity contribution is 7.99. The van der Waals surface area contributed by atoms with Crippen molar-refractivity contribution in [2.24, 2.45) is 0 Å². The maximum Gasteiger partial charge on any atom is 0.255 e. The molecule has 0 aliphatic rings. The zero-order valence-corrected chi connectivity index (χ0v) is 21.6. The molecule has 0 unspecified atom stereocenters. The van der Waals surface area contributed by atoms with Crippen LogP contribution in [0.2, 0.25) is 0 Å². The molecule has 0 aliphatic carbocycles. The van der Waals surface area contributed by atoms with E-state index in [0.29, 0.717) is 29.4 Å². The van der Waals surface area contributed by atoms with E-state index < -0.39 is 0 Å². The standard InChI is InChI=1S/C28H29N5O3S/c1-3-4-5-6-9-18-36-21-14-12-20(13-15-21)28(34)29-24-17-16-22(35-2)19-26(24)37-25-11-8-7-10-23(25)27-30-32-33-31-27/h6-17,19H,3-5,18H2,1-2H3,(H,29,34)(H,30,31,32,33). The predicted octanol–water partition coefficient (Wildman–Crippen LogP) is 6.40. The van der Waals surface area contributed by atoms with E-state index in [1.165, 1.54) is 24.6 Å². The quantitative estimate of drug-likeness (QED) is 0.166. The summed E-state index contributed by atoms with van der Waals surface area (Å²) < 4.78 is 11.2. The van der Waals surface area contributed by atoms with Gasteiger partial charge in [0.05, 0.1) is 12.8 Å². The highest BCUT2D eigenvalue weighted by Crippen LogP contribution is 2.40. The Balaban J connectivity index is 1.47. The third-order valence-corrected chi connectivity index (χ3v) is 6.62. The lowest BCUT2D eigenvalue weighted by molar-refractivity contribution is 0.102. The molecule has 0 aliphatic heterocycles. The van der Waals surface area contributed by atoms with Crippen LogP contribution >= 0.6 is 11.8 Å². The number of aromatic nitrogens is 4. The molecule has 9 heteroatoms. The molecule has 2 N–H and O–H groups in total. The molecule has 0 atom stereocenters. The zero-order valence-electron chi connectivity index (χ0n) is 20.8. The van der Waals surface area contributed by atoms with Crippen LogP contribution in [-0.4, -0.2) is 40.2 Å². The Hall–Kier alpha value is -4.11. The average molecular weight is 516 g/mol. The van der Waals surface area contributed by atoms with Gasteiger partial charge in [-0.1, -0.05) is 55.8 Å². The van der Waals surface area contributed by atoms with E-state index in [0.717, 1.165) is 27.5 Å². The molecule has 0 spiro atoms. The summed E-state index contributed by atoms with van der Waals surface area (Å²) in [6.07, 6.45) is 7.58. The molecular formula is C28H29N5O3S. The summed E-state index contributed by atoms with van der Waals surface area (Å²) in [4.78, 5) is 14.8. The van der Waals surface area contributed by atoms with Crippen LogP contribution in [0.4, 0.5) is 5.69 Å². The number of carbonyl (C=O) groups excluding carboxylic acids is 1. The molecule has 0 saturated heterocycles. The smallest absolute Gasteiger partial charge is 0.255 e. The monoisotopic (exact) mass is 515 g/mol. The number of nitrogens with one attached hydrogen (secondary N) is 2. The van der Waals surface area contributed by atoms with Crippen LogP contribution in [0.25, 0.3) is 11.4 Å². The number of H-pyrrole nitrogens is 1. The highest BCUT2D eigenvalue weighted by Gasteiger charge is 2.15. The first kappa shape index (κ1) is 26.0. The van der Waals surface area contributed by atoms with Crippen molar-refractivity contribution >= 4 is 23.4 Å². The van der Waals surface area contributed by atoms with Crippen molar-refractivity contribution in [3.63, 3.8) is 0 Å². The van der Waals surface area contributed by atoms with Crippen molar-refractivity contribution in [2.45, 2.75) is 36.0 Å². The topological polar surface area (TPSA) is 102 Å². The number of ether oxygens (including phenoxy) is 2. The molecular weight excluding hydrogens is 486 g/mol. The molecule has 37 heavy (non-hydrogen) atoms. The fourth-order valence-electron chi connectivity index (χ4n) is 3.50. The van der Waals surface area contributed by atoms with Gasteiger partial charge in [0.1, 0.15) is 18.1 Å². The van der Waals surface area contributed by atoms with E-state index >= 15 is 0 Å². The van der Waals surface area contributed by atoms with Crippen molar-refractivity contribution in [3.8, 4) is 22.9 Å². The van der Waals surface area contributed by atoms with Crippen LogP contribution in [0.1, 0.15) is 36.5 Å². The number of benzene rings is 3. The maximum absolute atomic E-state index is 13.1. The summed E-state index contributed by atoms with van der Waals surface area (Å²) in [7, 11) is 1.61. The first-order valence-electron chi connectivity index (χ1n) is 12.1. The number of aromatic amines is 1. The molecule has 0 fully saturated rings. The molecule has 0 radical (unpaired) electrons. The molecule has 1 aromatic heterocycles. The number of nitrogens with zero attached hydrogens (tertiary/aromatic N) is 3. The second kappa shape index (κ2) is 13.3. The summed E-state index contributed by atoms with van der Waals surface area (Å²) >= 11 is 1.48. The van der Waals surface area contributed by atoms with E-state index in [9.17, 15) is 4.79 Å². The van der Waals surface area contributed by atoms with Gasteiger partial charge < -0.3 is 14.8 Å². The number of hydrogen-bond donors (Lipinski definition) is 2.